The number of halogens is 1. The fourth-order valence-corrected chi connectivity index (χ4v) is 0.946. The standard InChI is InChI=1S/C7H12ClNO3/c1-2-3-4-5(6(9)10)7(11)12-8/h5H,2-4H2,1H3,(H2,9,10)/t5-/m0/s1. The molecule has 1 atom stereocenters. The van der Waals surface area contributed by atoms with Crippen LogP contribution < -0.4 is 5.73 Å². The van der Waals surface area contributed by atoms with Gasteiger partial charge in [-0.05, 0) is 6.42 Å². The largest absolute Gasteiger partial charge is 0.369 e. The van der Waals surface area contributed by atoms with E-state index >= 15 is 0 Å². The van der Waals surface area contributed by atoms with Gasteiger partial charge in [0.2, 0.25) is 5.91 Å². The summed E-state index contributed by atoms with van der Waals surface area (Å²) in [6.45, 7) is 1.95. The van der Waals surface area contributed by atoms with Gasteiger partial charge < -0.3 is 10.0 Å². The first-order valence-corrected chi connectivity index (χ1v) is 4.06. The molecule has 0 aromatic heterocycles. The van der Waals surface area contributed by atoms with Gasteiger partial charge in [-0.2, -0.15) is 0 Å². The van der Waals surface area contributed by atoms with Gasteiger partial charge in [0, 0.05) is 0 Å². The van der Waals surface area contributed by atoms with E-state index in [1.807, 2.05) is 6.92 Å². The fourth-order valence-electron chi connectivity index (χ4n) is 0.838. The van der Waals surface area contributed by atoms with Gasteiger partial charge in [-0.1, -0.05) is 19.8 Å². The van der Waals surface area contributed by atoms with E-state index in [0.717, 1.165) is 12.8 Å². The van der Waals surface area contributed by atoms with Crippen molar-refractivity contribution in [3.8, 4) is 0 Å². The summed E-state index contributed by atoms with van der Waals surface area (Å²) in [4.78, 5) is 21.5. The average molecular weight is 194 g/mol. The molecular formula is C7H12ClNO3. The molecule has 12 heavy (non-hydrogen) atoms. The lowest BCUT2D eigenvalue weighted by Crippen LogP contribution is -2.30. The zero-order chi connectivity index (χ0) is 9.56. The summed E-state index contributed by atoms with van der Waals surface area (Å²) in [5, 5.41) is 0. The highest BCUT2D eigenvalue weighted by molar-refractivity contribution is 6.15. The molecule has 0 heterocycles. The van der Waals surface area contributed by atoms with Gasteiger partial charge in [0.15, 0.2) is 0 Å². The van der Waals surface area contributed by atoms with Crippen LogP contribution in [0.15, 0.2) is 0 Å². The second-order valence-electron chi connectivity index (χ2n) is 2.49. The van der Waals surface area contributed by atoms with E-state index in [0.29, 0.717) is 6.42 Å². The number of nitrogens with two attached hydrogens (primary N) is 1. The number of amides is 1. The van der Waals surface area contributed by atoms with E-state index in [1.54, 1.807) is 0 Å². The SMILES string of the molecule is CCCC[C@@H](C(N)=O)C(=O)OCl. The molecule has 0 saturated carbocycles. The summed E-state index contributed by atoms with van der Waals surface area (Å²) in [7, 11) is 0. The van der Waals surface area contributed by atoms with E-state index in [4.69, 9.17) is 17.6 Å². The summed E-state index contributed by atoms with van der Waals surface area (Å²) < 4.78 is 3.90. The molecule has 0 unspecified atom stereocenters. The van der Waals surface area contributed by atoms with Crippen LogP contribution >= 0.6 is 11.9 Å². The second-order valence-corrected chi connectivity index (χ2v) is 2.65. The third kappa shape index (κ3) is 3.57. The van der Waals surface area contributed by atoms with E-state index in [1.165, 1.54) is 0 Å². The Kier molecular flexibility index (Phi) is 5.45. The van der Waals surface area contributed by atoms with Crippen LogP contribution in [0.5, 0.6) is 0 Å². The fraction of sp³-hybridized carbons (Fsp3) is 0.714. The van der Waals surface area contributed by atoms with Crippen molar-refractivity contribution in [3.63, 3.8) is 0 Å². The number of unbranched alkanes of at least 4 members (excludes halogenated alkanes) is 1. The Bertz CT molecular complexity index is 172. The lowest BCUT2D eigenvalue weighted by atomic mass is 10.0. The summed E-state index contributed by atoms with van der Waals surface area (Å²) in [5.41, 5.74) is 4.96. The van der Waals surface area contributed by atoms with Crippen molar-refractivity contribution < 1.29 is 13.9 Å². The van der Waals surface area contributed by atoms with Crippen LogP contribution in [-0.2, 0) is 13.9 Å². The zero-order valence-corrected chi connectivity index (χ0v) is 7.63. The van der Waals surface area contributed by atoms with Crippen molar-refractivity contribution in [2.45, 2.75) is 26.2 Å². The Morgan fingerprint density at radius 1 is 1.58 bits per heavy atom. The number of rotatable bonds is 5. The summed E-state index contributed by atoms with van der Waals surface area (Å²) in [5.74, 6) is -2.35. The highest BCUT2D eigenvalue weighted by atomic mass is 35.5. The zero-order valence-electron chi connectivity index (χ0n) is 6.88. The molecule has 0 aromatic rings. The van der Waals surface area contributed by atoms with Gasteiger partial charge in [0.1, 0.15) is 17.8 Å². The average Bonchev–Trinajstić information content (AvgIpc) is 2.04. The topological polar surface area (TPSA) is 69.4 Å². The van der Waals surface area contributed by atoms with Gasteiger partial charge in [-0.25, -0.2) is 4.79 Å². The van der Waals surface area contributed by atoms with Crippen molar-refractivity contribution in [1.29, 1.82) is 0 Å². The first-order valence-electron chi connectivity index (χ1n) is 3.75. The quantitative estimate of drug-likeness (QED) is 0.662. The maximum atomic E-state index is 10.8. The van der Waals surface area contributed by atoms with Crippen molar-refractivity contribution in [2.75, 3.05) is 0 Å². The molecule has 0 fully saturated rings. The number of hydrogen-bond donors (Lipinski definition) is 1. The van der Waals surface area contributed by atoms with Crippen molar-refractivity contribution in [1.82, 2.24) is 0 Å². The van der Waals surface area contributed by atoms with E-state index in [2.05, 4.69) is 4.29 Å². The normalized spacial score (nSPS) is 12.2. The summed E-state index contributed by atoms with van der Waals surface area (Å²) in [6.07, 6.45) is 2.04. The first kappa shape index (κ1) is 11.2. The lowest BCUT2D eigenvalue weighted by Gasteiger charge is -2.07. The molecule has 0 aliphatic heterocycles. The summed E-state index contributed by atoms with van der Waals surface area (Å²) >= 11 is 4.81. The number of carbonyl (C=O) groups excluding carboxylic acids is 2. The Balaban J connectivity index is 4.04. The van der Waals surface area contributed by atoms with Crippen LogP contribution in [-0.4, -0.2) is 11.9 Å². The van der Waals surface area contributed by atoms with Gasteiger partial charge >= 0.3 is 5.97 Å². The number of carbonyl (C=O) groups is 2. The minimum atomic E-state index is -0.901. The van der Waals surface area contributed by atoms with Gasteiger partial charge in [-0.15, -0.1) is 0 Å². The Morgan fingerprint density at radius 3 is 2.50 bits per heavy atom. The van der Waals surface area contributed by atoms with Crippen molar-refractivity contribution >= 4 is 23.7 Å². The van der Waals surface area contributed by atoms with Crippen molar-refractivity contribution in [2.24, 2.45) is 11.7 Å². The van der Waals surface area contributed by atoms with E-state index in [-0.39, 0.29) is 0 Å². The molecule has 70 valence electrons. The monoisotopic (exact) mass is 193 g/mol. The predicted octanol–water partition coefficient (Wildman–Crippen LogP) is 0.975. The van der Waals surface area contributed by atoms with Crippen molar-refractivity contribution in [3.05, 3.63) is 0 Å². The molecule has 5 heteroatoms. The maximum absolute atomic E-state index is 10.8. The predicted molar refractivity (Wildman–Crippen MR) is 44.2 cm³/mol. The third-order valence-electron chi connectivity index (χ3n) is 1.55. The van der Waals surface area contributed by atoms with Gasteiger partial charge in [0.25, 0.3) is 0 Å². The summed E-state index contributed by atoms with van der Waals surface area (Å²) in [6, 6.07) is 0. The Hall–Kier alpha value is -0.770. The lowest BCUT2D eigenvalue weighted by molar-refractivity contribution is -0.143. The molecular weight excluding hydrogens is 182 g/mol. The van der Waals surface area contributed by atoms with E-state index < -0.39 is 17.8 Å². The Labute approximate surface area is 76.2 Å². The Morgan fingerprint density at radius 2 is 2.17 bits per heavy atom. The highest BCUT2D eigenvalue weighted by Crippen LogP contribution is 2.10. The smallest absolute Gasteiger partial charge is 0.337 e. The minimum Gasteiger partial charge on any atom is -0.369 e. The molecule has 0 aliphatic rings. The van der Waals surface area contributed by atoms with Crippen LogP contribution in [0.1, 0.15) is 26.2 Å². The molecule has 1 amide bonds. The maximum Gasteiger partial charge on any atom is 0.337 e. The van der Waals surface area contributed by atoms with Crippen LogP contribution in [0.25, 0.3) is 0 Å². The molecule has 0 spiro atoms. The number of hydrogen-bond acceptors (Lipinski definition) is 3. The molecule has 4 nitrogen and oxygen atoms in total. The number of primary amides is 1. The molecule has 0 bridgehead atoms. The van der Waals surface area contributed by atoms with Crippen LogP contribution in [0.3, 0.4) is 0 Å². The van der Waals surface area contributed by atoms with Crippen LogP contribution in [0, 0.1) is 5.92 Å². The molecule has 0 rings (SSSR count). The minimum absolute atomic E-state index is 0.400. The van der Waals surface area contributed by atoms with Crippen LogP contribution in [0.4, 0.5) is 0 Å². The van der Waals surface area contributed by atoms with E-state index in [9.17, 15) is 9.59 Å². The molecule has 0 radical (unpaired) electrons. The van der Waals surface area contributed by atoms with Gasteiger partial charge in [-0.3, -0.25) is 4.79 Å². The molecule has 0 aliphatic carbocycles. The third-order valence-corrected chi connectivity index (χ3v) is 1.70. The second kappa shape index (κ2) is 5.83. The molecule has 2 N–H and O–H groups in total. The first-order chi connectivity index (χ1) is 5.63. The van der Waals surface area contributed by atoms with Crippen LogP contribution in [0.2, 0.25) is 0 Å². The molecule has 0 aromatic carbocycles. The van der Waals surface area contributed by atoms with Gasteiger partial charge in [0.05, 0.1) is 0 Å². The highest BCUT2D eigenvalue weighted by Gasteiger charge is 2.24. The molecule has 0 saturated heterocycles.